The highest BCUT2D eigenvalue weighted by Crippen LogP contribution is 2.27. The molecular formula is C11H25NSi. The van der Waals surface area contributed by atoms with E-state index in [4.69, 9.17) is 5.73 Å². The molecule has 0 saturated heterocycles. The Morgan fingerprint density at radius 2 is 2.00 bits per heavy atom. The van der Waals surface area contributed by atoms with Crippen LogP contribution in [0.25, 0.3) is 0 Å². The van der Waals surface area contributed by atoms with Gasteiger partial charge in [0.05, 0.1) is 0 Å². The Morgan fingerprint density at radius 3 is 2.62 bits per heavy atom. The lowest BCUT2D eigenvalue weighted by Gasteiger charge is -2.24. The van der Waals surface area contributed by atoms with Crippen LogP contribution in [0.5, 0.6) is 0 Å². The first-order chi connectivity index (χ1) is 6.33. The van der Waals surface area contributed by atoms with Crippen molar-refractivity contribution < 1.29 is 0 Å². The zero-order valence-electron chi connectivity index (χ0n) is 9.10. The fourth-order valence-corrected chi connectivity index (χ4v) is 3.60. The average Bonchev–Trinajstić information content (AvgIpc) is 2.16. The van der Waals surface area contributed by atoms with E-state index in [1.807, 2.05) is 0 Å². The van der Waals surface area contributed by atoms with E-state index in [2.05, 4.69) is 6.92 Å². The van der Waals surface area contributed by atoms with Crippen LogP contribution in [0.15, 0.2) is 0 Å². The van der Waals surface area contributed by atoms with Gasteiger partial charge >= 0.3 is 0 Å². The zero-order chi connectivity index (χ0) is 9.52. The predicted octanol–water partition coefficient (Wildman–Crippen LogP) is 2.31. The molecule has 1 fully saturated rings. The molecule has 0 bridgehead atoms. The molecule has 13 heavy (non-hydrogen) atoms. The Labute approximate surface area is 85.3 Å². The van der Waals surface area contributed by atoms with Gasteiger partial charge in [-0.2, -0.15) is 0 Å². The van der Waals surface area contributed by atoms with Crippen molar-refractivity contribution in [3.8, 4) is 0 Å². The van der Waals surface area contributed by atoms with Crippen molar-refractivity contribution >= 4 is 9.52 Å². The number of hydrogen-bond donors (Lipinski definition) is 1. The van der Waals surface area contributed by atoms with E-state index < -0.39 is 0 Å². The highest BCUT2D eigenvalue weighted by atomic mass is 28.2. The fraction of sp³-hybridized carbons (Fsp3) is 1.00. The summed E-state index contributed by atoms with van der Waals surface area (Å²) in [5, 5.41) is 0. The van der Waals surface area contributed by atoms with Crippen molar-refractivity contribution in [1.29, 1.82) is 0 Å². The molecular weight excluding hydrogens is 174 g/mol. The minimum Gasteiger partial charge on any atom is -0.328 e. The fourth-order valence-electron chi connectivity index (χ4n) is 2.44. The summed E-state index contributed by atoms with van der Waals surface area (Å²) in [5.41, 5.74) is 6.13. The molecule has 2 N–H and O–H groups in total. The Hall–Kier alpha value is 0.177. The monoisotopic (exact) mass is 199 g/mol. The van der Waals surface area contributed by atoms with Crippen molar-refractivity contribution in [3.63, 3.8) is 0 Å². The van der Waals surface area contributed by atoms with E-state index in [-0.39, 0.29) is 9.52 Å². The van der Waals surface area contributed by atoms with Crippen molar-refractivity contribution in [3.05, 3.63) is 0 Å². The van der Waals surface area contributed by atoms with Gasteiger partial charge in [0.25, 0.3) is 0 Å². The molecule has 0 radical (unpaired) electrons. The summed E-state index contributed by atoms with van der Waals surface area (Å²) >= 11 is 0. The van der Waals surface area contributed by atoms with Crippen LogP contribution in [0.2, 0.25) is 12.1 Å². The lowest BCUT2D eigenvalue weighted by Crippen LogP contribution is -2.25. The molecule has 0 aromatic heterocycles. The molecule has 1 atom stereocenters. The normalized spacial score (nSPS) is 22.6. The van der Waals surface area contributed by atoms with Crippen molar-refractivity contribution in [2.75, 3.05) is 0 Å². The van der Waals surface area contributed by atoms with Gasteiger partial charge in [-0.1, -0.05) is 45.1 Å². The average molecular weight is 199 g/mol. The van der Waals surface area contributed by atoms with Crippen molar-refractivity contribution in [2.45, 2.75) is 63.6 Å². The minimum atomic E-state index is 0.203. The third-order valence-electron chi connectivity index (χ3n) is 3.29. The van der Waals surface area contributed by atoms with Gasteiger partial charge in [0, 0.05) is 15.6 Å². The van der Waals surface area contributed by atoms with E-state index in [0.29, 0.717) is 6.04 Å². The van der Waals surface area contributed by atoms with Gasteiger partial charge in [-0.3, -0.25) is 0 Å². The predicted molar refractivity (Wildman–Crippen MR) is 63.0 cm³/mol. The number of nitrogens with two attached hydrogens (primary N) is 1. The van der Waals surface area contributed by atoms with E-state index in [1.54, 1.807) is 0 Å². The molecule has 1 rings (SSSR count). The summed E-state index contributed by atoms with van der Waals surface area (Å²) < 4.78 is 0. The second-order valence-corrected chi connectivity index (χ2v) is 6.93. The van der Waals surface area contributed by atoms with Gasteiger partial charge in [0.2, 0.25) is 0 Å². The molecule has 1 aliphatic carbocycles. The third-order valence-corrected chi connectivity index (χ3v) is 5.15. The SMILES string of the molecule is CC[SiH2]C[C@@H](N)CC1CCCCC1. The minimum absolute atomic E-state index is 0.203. The summed E-state index contributed by atoms with van der Waals surface area (Å²) in [6.07, 6.45) is 8.64. The van der Waals surface area contributed by atoms with Gasteiger partial charge in [0.1, 0.15) is 0 Å². The van der Waals surface area contributed by atoms with Crippen LogP contribution in [0.4, 0.5) is 0 Å². The first-order valence-corrected chi connectivity index (χ1v) is 8.08. The highest BCUT2D eigenvalue weighted by Gasteiger charge is 2.16. The van der Waals surface area contributed by atoms with Gasteiger partial charge in [-0.05, 0) is 18.4 Å². The summed E-state index contributed by atoms with van der Waals surface area (Å²) in [6, 6.07) is 3.36. The molecule has 1 saturated carbocycles. The maximum absolute atomic E-state index is 6.13. The molecule has 0 unspecified atom stereocenters. The van der Waals surface area contributed by atoms with E-state index in [0.717, 1.165) is 5.92 Å². The second kappa shape index (κ2) is 6.60. The van der Waals surface area contributed by atoms with Crippen LogP contribution >= 0.6 is 0 Å². The zero-order valence-corrected chi connectivity index (χ0v) is 10.5. The van der Waals surface area contributed by atoms with Gasteiger partial charge in [0.15, 0.2) is 0 Å². The van der Waals surface area contributed by atoms with Crippen LogP contribution in [0, 0.1) is 5.92 Å². The molecule has 0 aliphatic heterocycles. The van der Waals surface area contributed by atoms with E-state index in [1.165, 1.54) is 50.6 Å². The van der Waals surface area contributed by atoms with Crippen LogP contribution in [-0.4, -0.2) is 15.6 Å². The van der Waals surface area contributed by atoms with Crippen molar-refractivity contribution in [1.82, 2.24) is 0 Å². The molecule has 0 amide bonds. The summed E-state index contributed by atoms with van der Waals surface area (Å²) in [5.74, 6) is 0.981. The molecule has 2 heteroatoms. The highest BCUT2D eigenvalue weighted by molar-refractivity contribution is 6.35. The van der Waals surface area contributed by atoms with Crippen molar-refractivity contribution in [2.24, 2.45) is 11.7 Å². The van der Waals surface area contributed by atoms with Crippen LogP contribution in [0.1, 0.15) is 45.4 Å². The lowest BCUT2D eigenvalue weighted by molar-refractivity contribution is 0.323. The van der Waals surface area contributed by atoms with Crippen LogP contribution in [-0.2, 0) is 0 Å². The maximum Gasteiger partial charge on any atom is 0.0213 e. The molecule has 1 nitrogen and oxygen atoms in total. The Balaban J connectivity index is 2.07. The molecule has 0 spiro atoms. The Bertz CT molecular complexity index is 121. The van der Waals surface area contributed by atoms with Crippen LogP contribution < -0.4 is 5.73 Å². The van der Waals surface area contributed by atoms with Gasteiger partial charge in [-0.25, -0.2) is 0 Å². The number of rotatable bonds is 5. The molecule has 78 valence electrons. The lowest BCUT2D eigenvalue weighted by atomic mass is 9.85. The first-order valence-electron chi connectivity index (χ1n) is 6.08. The van der Waals surface area contributed by atoms with Gasteiger partial charge < -0.3 is 5.73 Å². The smallest absolute Gasteiger partial charge is 0.0213 e. The largest absolute Gasteiger partial charge is 0.328 e. The standard InChI is InChI=1S/C11H25NSi/c1-2-13-9-11(12)8-10-6-4-3-5-7-10/h10-11H,2-9,12-13H2,1H3/t11-/m0/s1. The topological polar surface area (TPSA) is 26.0 Å². The molecule has 0 aromatic rings. The summed E-state index contributed by atoms with van der Waals surface area (Å²) in [7, 11) is 0.203. The maximum atomic E-state index is 6.13. The Morgan fingerprint density at radius 1 is 1.31 bits per heavy atom. The summed E-state index contributed by atoms with van der Waals surface area (Å²) in [4.78, 5) is 0. The van der Waals surface area contributed by atoms with Gasteiger partial charge in [-0.15, -0.1) is 0 Å². The Kier molecular flexibility index (Phi) is 5.72. The summed E-state index contributed by atoms with van der Waals surface area (Å²) in [6.45, 7) is 2.31. The number of hydrogen-bond acceptors (Lipinski definition) is 1. The molecule has 0 aromatic carbocycles. The first kappa shape index (κ1) is 11.3. The second-order valence-electron chi connectivity index (χ2n) is 4.64. The molecule has 1 aliphatic rings. The third kappa shape index (κ3) is 4.82. The van der Waals surface area contributed by atoms with Crippen LogP contribution in [0.3, 0.4) is 0 Å². The quantitative estimate of drug-likeness (QED) is 0.676. The molecule has 0 heterocycles. The van der Waals surface area contributed by atoms with E-state index in [9.17, 15) is 0 Å². The van der Waals surface area contributed by atoms with E-state index >= 15 is 0 Å².